The number of nitrogens with two attached hydrogens (primary N) is 1. The minimum absolute atomic E-state index is 0.425. The minimum Gasteiger partial charge on any atom is -0.368 e. The second-order valence-electron chi connectivity index (χ2n) is 6.66. The Kier molecular flexibility index (Phi) is 8.41. The largest absolute Gasteiger partial charge is 0.368 e. The quantitative estimate of drug-likeness (QED) is 0.580. The van der Waals surface area contributed by atoms with Crippen LogP contribution in [0.3, 0.4) is 0 Å². The summed E-state index contributed by atoms with van der Waals surface area (Å²) in [5.74, 6) is -0.695. The Bertz CT molecular complexity index is 1040. The molecule has 2 amide bonds. The van der Waals surface area contributed by atoms with Crippen LogP contribution in [0.5, 0.6) is 0 Å². The second kappa shape index (κ2) is 11.0. The molecule has 160 valence electrons. The molecule has 1 aromatic heterocycles. The maximum Gasteiger partial charge on any atom is 0.337 e. The summed E-state index contributed by atoms with van der Waals surface area (Å²) in [6, 6.07) is 14.1. The van der Waals surface area contributed by atoms with Crippen molar-refractivity contribution in [1.29, 1.82) is 0 Å². The minimum atomic E-state index is -1.03. The van der Waals surface area contributed by atoms with Gasteiger partial charge in [0, 0.05) is 6.54 Å². The summed E-state index contributed by atoms with van der Waals surface area (Å²) in [4.78, 5) is 37.8. The third-order valence-electron chi connectivity index (χ3n) is 4.71. The van der Waals surface area contributed by atoms with Gasteiger partial charge in [0.2, 0.25) is 5.91 Å². The number of aryl methyl sites for hydroxylation is 1. The van der Waals surface area contributed by atoms with Crippen molar-refractivity contribution in [3.05, 3.63) is 70.6 Å². The first kappa shape index (κ1) is 22.9. The summed E-state index contributed by atoms with van der Waals surface area (Å²) in [6.07, 6.45) is 2.88. The molecule has 3 N–H and O–H groups in total. The summed E-state index contributed by atoms with van der Waals surface area (Å²) in [7, 11) is 0. The van der Waals surface area contributed by atoms with Crippen LogP contribution in [-0.4, -0.2) is 21.1 Å². The highest BCUT2D eigenvalue weighted by molar-refractivity contribution is 5.92. The molecular weight excluding hydrogens is 380 g/mol. The first-order chi connectivity index (χ1) is 14.5. The molecule has 0 saturated carbocycles. The molecule has 7 heteroatoms. The van der Waals surface area contributed by atoms with E-state index in [1.54, 1.807) is 47.0 Å². The predicted octanol–water partition coefficient (Wildman–Crippen LogP) is 3.80. The van der Waals surface area contributed by atoms with Gasteiger partial charge in [-0.3, -0.25) is 9.36 Å². The lowest BCUT2D eigenvalue weighted by Gasteiger charge is -2.16. The summed E-state index contributed by atoms with van der Waals surface area (Å²) < 4.78 is 2.67. The number of hydrogen-bond donors (Lipinski definition) is 2. The van der Waals surface area contributed by atoms with E-state index in [9.17, 15) is 14.4 Å². The van der Waals surface area contributed by atoms with Crippen molar-refractivity contribution < 1.29 is 9.59 Å². The first-order valence-electron chi connectivity index (χ1n) is 10.4. The maximum atomic E-state index is 13.0. The van der Waals surface area contributed by atoms with Crippen LogP contribution in [0, 0.1) is 0 Å². The van der Waals surface area contributed by atoms with E-state index in [1.165, 1.54) is 0 Å². The molecule has 0 radical (unpaired) electrons. The van der Waals surface area contributed by atoms with Crippen LogP contribution < -0.4 is 16.7 Å². The number of carbonyl (C=O) groups excluding carboxylic acids is 2. The van der Waals surface area contributed by atoms with Gasteiger partial charge in [0.15, 0.2) is 0 Å². The molecule has 0 spiro atoms. The molecule has 3 rings (SSSR count). The predicted molar refractivity (Wildman–Crippen MR) is 119 cm³/mol. The second-order valence-corrected chi connectivity index (χ2v) is 6.66. The highest BCUT2D eigenvalue weighted by Crippen LogP contribution is 2.16. The normalized spacial score (nSPS) is 11.4. The number of hydrogen-bond acceptors (Lipinski definition) is 3. The van der Waals surface area contributed by atoms with Gasteiger partial charge in [0.25, 0.3) is 0 Å². The van der Waals surface area contributed by atoms with E-state index < -0.39 is 23.7 Å². The number of carbonyl (C=O) groups is 2. The monoisotopic (exact) mass is 410 g/mol. The number of benzene rings is 2. The zero-order chi connectivity index (χ0) is 22.1. The molecule has 0 unspecified atom stereocenters. The van der Waals surface area contributed by atoms with Gasteiger partial charge in [-0.05, 0) is 24.1 Å². The molecule has 0 aliphatic carbocycles. The van der Waals surface area contributed by atoms with E-state index in [2.05, 4.69) is 12.2 Å². The van der Waals surface area contributed by atoms with Crippen LogP contribution in [-0.2, 0) is 11.3 Å². The van der Waals surface area contributed by atoms with Gasteiger partial charge in [-0.1, -0.05) is 76.1 Å². The van der Waals surface area contributed by atoms with Crippen molar-refractivity contribution in [3.63, 3.8) is 0 Å². The molecule has 2 aromatic carbocycles. The van der Waals surface area contributed by atoms with E-state index in [4.69, 9.17) is 5.73 Å². The lowest BCUT2D eigenvalue weighted by molar-refractivity contribution is -0.119. The Labute approximate surface area is 176 Å². The van der Waals surface area contributed by atoms with Crippen molar-refractivity contribution in [2.24, 2.45) is 5.73 Å². The Morgan fingerprint density at radius 1 is 0.967 bits per heavy atom. The van der Waals surface area contributed by atoms with Gasteiger partial charge in [-0.25, -0.2) is 14.2 Å². The number of nitrogens with zero attached hydrogens (tertiary/aromatic N) is 2. The number of amides is 2. The smallest absolute Gasteiger partial charge is 0.337 e. The van der Waals surface area contributed by atoms with Gasteiger partial charge in [-0.15, -0.1) is 0 Å². The fraction of sp³-hybridized carbons (Fsp3) is 0.348. The number of para-hydroxylation sites is 2. The number of aromatic nitrogens is 2. The van der Waals surface area contributed by atoms with E-state index in [1.807, 2.05) is 26.0 Å². The molecule has 7 nitrogen and oxygen atoms in total. The van der Waals surface area contributed by atoms with Crippen molar-refractivity contribution in [1.82, 2.24) is 14.5 Å². The van der Waals surface area contributed by atoms with Crippen LogP contribution >= 0.6 is 0 Å². The molecule has 30 heavy (non-hydrogen) atoms. The van der Waals surface area contributed by atoms with Crippen LogP contribution in [0.25, 0.3) is 11.0 Å². The number of fused-ring (bicyclic) bond motifs is 1. The van der Waals surface area contributed by atoms with Crippen LogP contribution in [0.2, 0.25) is 0 Å². The van der Waals surface area contributed by atoms with Crippen molar-refractivity contribution in [2.75, 3.05) is 0 Å². The summed E-state index contributed by atoms with van der Waals surface area (Å²) in [6.45, 7) is 6.62. The molecule has 0 bridgehead atoms. The van der Waals surface area contributed by atoms with Crippen molar-refractivity contribution in [2.45, 2.75) is 52.6 Å². The van der Waals surface area contributed by atoms with Gasteiger partial charge in [-0.2, -0.15) is 0 Å². The average Bonchev–Trinajstić information content (AvgIpc) is 3.05. The van der Waals surface area contributed by atoms with Gasteiger partial charge in [0.1, 0.15) is 6.04 Å². The average molecular weight is 411 g/mol. The molecule has 3 aromatic rings. The lowest BCUT2D eigenvalue weighted by Crippen LogP contribution is -2.43. The SMILES string of the molecule is CC.CCCCCn1c(=O)n(C(=O)N[C@H](C(N)=O)c2ccccc2)c2ccccc21. The summed E-state index contributed by atoms with van der Waals surface area (Å²) >= 11 is 0. The highest BCUT2D eigenvalue weighted by Gasteiger charge is 2.24. The van der Waals surface area contributed by atoms with E-state index in [0.29, 0.717) is 23.1 Å². The Hall–Kier alpha value is -3.35. The number of nitrogens with one attached hydrogen (secondary N) is 1. The van der Waals surface area contributed by atoms with E-state index in [-0.39, 0.29) is 0 Å². The molecule has 0 aliphatic heterocycles. The first-order valence-corrected chi connectivity index (χ1v) is 10.4. The van der Waals surface area contributed by atoms with Crippen molar-refractivity contribution in [3.8, 4) is 0 Å². The van der Waals surface area contributed by atoms with Gasteiger partial charge >= 0.3 is 11.7 Å². The van der Waals surface area contributed by atoms with Crippen molar-refractivity contribution >= 4 is 23.0 Å². The zero-order valence-corrected chi connectivity index (χ0v) is 17.8. The topological polar surface area (TPSA) is 99.1 Å². The van der Waals surface area contributed by atoms with Gasteiger partial charge < -0.3 is 11.1 Å². The molecule has 1 atom stereocenters. The van der Waals surface area contributed by atoms with E-state index >= 15 is 0 Å². The van der Waals surface area contributed by atoms with Gasteiger partial charge in [0.05, 0.1) is 11.0 Å². The molecule has 0 aliphatic rings. The number of primary amides is 1. The standard InChI is InChI=1S/C21H24N4O3.C2H6/c1-2-3-9-14-24-16-12-7-8-13-17(16)25(21(24)28)20(27)23-18(19(22)26)15-10-5-4-6-11-15;1-2/h4-8,10-13,18H,2-3,9,14H2,1H3,(H2,22,26)(H,23,27);1-2H3/t18-;/m0./s1. The molecular formula is C23H30N4O3. The fourth-order valence-electron chi connectivity index (χ4n) is 3.29. The number of imidazole rings is 1. The Morgan fingerprint density at radius 2 is 1.57 bits per heavy atom. The Morgan fingerprint density at radius 3 is 2.17 bits per heavy atom. The third kappa shape index (κ3) is 4.97. The van der Waals surface area contributed by atoms with Crippen LogP contribution in [0.15, 0.2) is 59.4 Å². The molecule has 1 heterocycles. The van der Waals surface area contributed by atoms with Crippen LogP contribution in [0.1, 0.15) is 51.6 Å². The Balaban J connectivity index is 0.00000155. The highest BCUT2D eigenvalue weighted by atomic mass is 16.2. The summed E-state index contributed by atoms with van der Waals surface area (Å²) in [5.41, 5.74) is 6.81. The summed E-state index contributed by atoms with van der Waals surface area (Å²) in [5, 5.41) is 2.60. The lowest BCUT2D eigenvalue weighted by atomic mass is 10.1. The van der Waals surface area contributed by atoms with E-state index in [0.717, 1.165) is 23.8 Å². The number of unbranched alkanes of at least 4 members (excludes halogenated alkanes) is 2. The molecule has 0 fully saturated rings. The molecule has 0 saturated heterocycles. The number of rotatable bonds is 7. The fourth-order valence-corrected chi connectivity index (χ4v) is 3.29. The van der Waals surface area contributed by atoms with Crippen LogP contribution in [0.4, 0.5) is 4.79 Å². The third-order valence-corrected chi connectivity index (χ3v) is 4.71. The zero-order valence-electron chi connectivity index (χ0n) is 17.8. The maximum absolute atomic E-state index is 13.0.